The Balaban J connectivity index is 1.78. The standard InChI is InChI=1S/C17H14BrNOS/c18-15-9-5-4-8-14(15)17-19-13(11-21-17)10-16(20)12-6-2-1-3-7-12/h1-9,11,16,20H,10H2. The first-order valence-corrected chi connectivity index (χ1v) is 8.33. The Kier molecular flexibility index (Phi) is 4.48. The summed E-state index contributed by atoms with van der Waals surface area (Å²) in [6.07, 6.45) is 0.0192. The molecule has 0 bridgehead atoms. The molecule has 0 saturated carbocycles. The lowest BCUT2D eigenvalue weighted by molar-refractivity contribution is 0.177. The van der Waals surface area contributed by atoms with E-state index >= 15 is 0 Å². The molecule has 1 unspecified atom stereocenters. The molecule has 1 aromatic heterocycles. The molecule has 3 rings (SSSR count). The second kappa shape index (κ2) is 6.52. The van der Waals surface area contributed by atoms with Gasteiger partial charge in [-0.2, -0.15) is 0 Å². The molecule has 0 radical (unpaired) electrons. The number of hydrogen-bond donors (Lipinski definition) is 1. The lowest BCUT2D eigenvalue weighted by Crippen LogP contribution is -2.01. The maximum atomic E-state index is 10.3. The molecular formula is C17H14BrNOS. The Morgan fingerprint density at radius 1 is 1.05 bits per heavy atom. The Morgan fingerprint density at radius 3 is 2.52 bits per heavy atom. The van der Waals surface area contributed by atoms with Crippen LogP contribution in [-0.2, 0) is 6.42 Å². The summed E-state index contributed by atoms with van der Waals surface area (Å²) in [7, 11) is 0. The summed E-state index contributed by atoms with van der Waals surface area (Å²) in [5, 5.41) is 13.2. The molecule has 0 aliphatic carbocycles. The number of thiazole rings is 1. The van der Waals surface area contributed by atoms with E-state index in [9.17, 15) is 5.11 Å². The minimum absolute atomic E-state index is 0.514. The molecule has 1 heterocycles. The van der Waals surface area contributed by atoms with Crippen LogP contribution in [0.1, 0.15) is 17.4 Å². The highest BCUT2D eigenvalue weighted by atomic mass is 79.9. The van der Waals surface area contributed by atoms with Gasteiger partial charge in [0.05, 0.1) is 11.8 Å². The highest BCUT2D eigenvalue weighted by Crippen LogP contribution is 2.31. The van der Waals surface area contributed by atoms with E-state index in [1.165, 1.54) is 0 Å². The van der Waals surface area contributed by atoms with E-state index in [0.29, 0.717) is 6.42 Å². The van der Waals surface area contributed by atoms with Crippen LogP contribution < -0.4 is 0 Å². The zero-order valence-electron chi connectivity index (χ0n) is 11.2. The summed E-state index contributed by atoms with van der Waals surface area (Å²) in [6.45, 7) is 0. The lowest BCUT2D eigenvalue weighted by atomic mass is 10.1. The molecule has 21 heavy (non-hydrogen) atoms. The average Bonchev–Trinajstić information content (AvgIpc) is 2.97. The molecule has 0 aliphatic rings. The molecule has 0 fully saturated rings. The van der Waals surface area contributed by atoms with Crippen LogP contribution in [0.4, 0.5) is 0 Å². The van der Waals surface area contributed by atoms with Crippen LogP contribution in [0, 0.1) is 0 Å². The lowest BCUT2D eigenvalue weighted by Gasteiger charge is -2.08. The van der Waals surface area contributed by atoms with Gasteiger partial charge in [-0.1, -0.05) is 64.5 Å². The molecule has 2 aromatic carbocycles. The van der Waals surface area contributed by atoms with Crippen molar-refractivity contribution in [1.29, 1.82) is 0 Å². The first-order valence-electron chi connectivity index (χ1n) is 6.66. The number of halogens is 1. The van der Waals surface area contributed by atoms with Crippen molar-refractivity contribution in [3.05, 3.63) is 75.7 Å². The third-order valence-electron chi connectivity index (χ3n) is 3.24. The van der Waals surface area contributed by atoms with Crippen molar-refractivity contribution >= 4 is 27.3 Å². The van der Waals surface area contributed by atoms with Crippen LogP contribution in [-0.4, -0.2) is 10.1 Å². The Morgan fingerprint density at radius 2 is 1.76 bits per heavy atom. The highest BCUT2D eigenvalue weighted by molar-refractivity contribution is 9.10. The predicted molar refractivity (Wildman–Crippen MR) is 90.4 cm³/mol. The van der Waals surface area contributed by atoms with Crippen molar-refractivity contribution in [3.63, 3.8) is 0 Å². The zero-order chi connectivity index (χ0) is 14.7. The molecule has 4 heteroatoms. The topological polar surface area (TPSA) is 33.1 Å². The van der Waals surface area contributed by atoms with Crippen LogP contribution >= 0.6 is 27.3 Å². The summed E-state index contributed by atoms with van der Waals surface area (Å²) in [6, 6.07) is 17.7. The molecule has 106 valence electrons. The van der Waals surface area contributed by atoms with Gasteiger partial charge in [0.25, 0.3) is 0 Å². The highest BCUT2D eigenvalue weighted by Gasteiger charge is 2.12. The van der Waals surface area contributed by atoms with Gasteiger partial charge in [-0.25, -0.2) is 4.98 Å². The monoisotopic (exact) mass is 359 g/mol. The van der Waals surface area contributed by atoms with Gasteiger partial charge in [-0.15, -0.1) is 11.3 Å². The molecule has 0 aliphatic heterocycles. The maximum Gasteiger partial charge on any atom is 0.124 e. The third-order valence-corrected chi connectivity index (χ3v) is 4.86. The second-order valence-electron chi connectivity index (χ2n) is 4.75. The first kappa shape index (κ1) is 14.4. The number of aliphatic hydroxyl groups excluding tert-OH is 1. The third kappa shape index (κ3) is 3.40. The van der Waals surface area contributed by atoms with Gasteiger partial charge in [-0.05, 0) is 11.6 Å². The fraction of sp³-hybridized carbons (Fsp3) is 0.118. The van der Waals surface area contributed by atoms with Gasteiger partial charge in [-0.3, -0.25) is 0 Å². The van der Waals surface area contributed by atoms with E-state index in [4.69, 9.17) is 0 Å². The SMILES string of the molecule is OC(Cc1csc(-c2ccccc2Br)n1)c1ccccc1. The van der Waals surface area contributed by atoms with Crippen molar-refractivity contribution in [2.75, 3.05) is 0 Å². The number of aliphatic hydroxyl groups is 1. The molecule has 1 atom stereocenters. The second-order valence-corrected chi connectivity index (χ2v) is 6.47. The largest absolute Gasteiger partial charge is 0.388 e. The van der Waals surface area contributed by atoms with Gasteiger partial charge >= 0.3 is 0 Å². The van der Waals surface area contributed by atoms with Gasteiger partial charge in [0, 0.05) is 21.8 Å². The minimum Gasteiger partial charge on any atom is -0.388 e. The van der Waals surface area contributed by atoms with E-state index in [2.05, 4.69) is 20.9 Å². The van der Waals surface area contributed by atoms with Crippen LogP contribution in [0.15, 0.2) is 64.5 Å². The summed E-state index contributed by atoms with van der Waals surface area (Å²) in [5.74, 6) is 0. The van der Waals surface area contributed by atoms with Crippen molar-refractivity contribution in [3.8, 4) is 10.6 Å². The molecule has 0 saturated heterocycles. The summed E-state index contributed by atoms with van der Waals surface area (Å²) in [4.78, 5) is 4.64. The van der Waals surface area contributed by atoms with Gasteiger partial charge < -0.3 is 5.11 Å². The molecule has 2 nitrogen and oxygen atoms in total. The van der Waals surface area contributed by atoms with Crippen molar-refractivity contribution in [2.24, 2.45) is 0 Å². The quantitative estimate of drug-likeness (QED) is 0.722. The van der Waals surface area contributed by atoms with Crippen LogP contribution in [0.2, 0.25) is 0 Å². The van der Waals surface area contributed by atoms with E-state index in [-0.39, 0.29) is 0 Å². The van der Waals surface area contributed by atoms with Crippen molar-refractivity contribution < 1.29 is 5.11 Å². The van der Waals surface area contributed by atoms with Gasteiger partial charge in [0.15, 0.2) is 0 Å². The predicted octanol–water partition coefficient (Wildman–Crippen LogP) is 4.85. The molecule has 1 N–H and O–H groups in total. The van der Waals surface area contributed by atoms with Crippen molar-refractivity contribution in [2.45, 2.75) is 12.5 Å². The molecule has 3 aromatic rings. The summed E-state index contributed by atoms with van der Waals surface area (Å²) >= 11 is 5.15. The number of aromatic nitrogens is 1. The van der Waals surface area contributed by atoms with Crippen molar-refractivity contribution in [1.82, 2.24) is 4.98 Å². The molecule has 0 spiro atoms. The Labute approximate surface area is 136 Å². The zero-order valence-corrected chi connectivity index (χ0v) is 13.6. The molecule has 0 amide bonds. The first-order chi connectivity index (χ1) is 10.2. The van der Waals surface area contributed by atoms with Crippen LogP contribution in [0.5, 0.6) is 0 Å². The van der Waals surface area contributed by atoms with E-state index in [1.54, 1.807) is 11.3 Å². The molecular weight excluding hydrogens is 346 g/mol. The van der Waals surface area contributed by atoms with E-state index in [0.717, 1.165) is 26.3 Å². The Hall–Kier alpha value is -1.49. The van der Waals surface area contributed by atoms with E-state index in [1.807, 2.05) is 60.0 Å². The summed E-state index contributed by atoms with van der Waals surface area (Å²) in [5.41, 5.74) is 2.93. The van der Waals surface area contributed by atoms with Gasteiger partial charge in [0.2, 0.25) is 0 Å². The normalized spacial score (nSPS) is 12.3. The smallest absolute Gasteiger partial charge is 0.124 e. The fourth-order valence-electron chi connectivity index (χ4n) is 2.15. The van der Waals surface area contributed by atoms with Crippen LogP contribution in [0.25, 0.3) is 10.6 Å². The number of nitrogens with zero attached hydrogens (tertiary/aromatic N) is 1. The summed E-state index contributed by atoms with van der Waals surface area (Å²) < 4.78 is 1.04. The fourth-order valence-corrected chi connectivity index (χ4v) is 3.63. The number of benzene rings is 2. The number of rotatable bonds is 4. The van der Waals surface area contributed by atoms with Gasteiger partial charge in [0.1, 0.15) is 5.01 Å². The average molecular weight is 360 g/mol. The van der Waals surface area contributed by atoms with Crippen LogP contribution in [0.3, 0.4) is 0 Å². The maximum absolute atomic E-state index is 10.3. The minimum atomic E-state index is -0.514. The van der Waals surface area contributed by atoms with E-state index < -0.39 is 6.10 Å². The Bertz CT molecular complexity index is 726. The number of hydrogen-bond acceptors (Lipinski definition) is 3.